The van der Waals surface area contributed by atoms with Gasteiger partial charge in [-0.3, -0.25) is 4.57 Å². The zero-order valence-corrected chi connectivity index (χ0v) is 42.8. The highest BCUT2D eigenvalue weighted by atomic mass is 15.4. The van der Waals surface area contributed by atoms with E-state index in [1.807, 2.05) is 6.20 Å². The predicted molar refractivity (Wildman–Crippen MR) is 294 cm³/mol. The summed E-state index contributed by atoms with van der Waals surface area (Å²) < 4.78 is 2.39. The molecule has 3 heterocycles. The summed E-state index contributed by atoms with van der Waals surface area (Å²) in [6.45, 7) is 28.8. The molecule has 0 unspecified atom stereocenters. The number of hydrogen-bond acceptors (Lipinski definition) is 3. The molecule has 0 N–H and O–H groups in total. The molecule has 1 aliphatic heterocycles. The number of fused-ring (bicyclic) bond motifs is 4. The molecular formula is C65H68N4. The van der Waals surface area contributed by atoms with E-state index in [0.29, 0.717) is 0 Å². The van der Waals surface area contributed by atoms with E-state index < -0.39 is 5.41 Å². The van der Waals surface area contributed by atoms with Crippen molar-refractivity contribution in [3.8, 4) is 5.82 Å². The number of anilines is 4. The quantitative estimate of drug-likeness (QED) is 0.152. The van der Waals surface area contributed by atoms with Gasteiger partial charge in [0.1, 0.15) is 12.5 Å². The molecule has 9 aromatic rings. The second kappa shape index (κ2) is 16.7. The lowest BCUT2D eigenvalue weighted by Crippen LogP contribution is -2.27. The number of nitrogens with zero attached hydrogens (tertiary/aromatic N) is 4. The Morgan fingerprint density at radius 2 is 0.826 bits per heavy atom. The van der Waals surface area contributed by atoms with Gasteiger partial charge in [-0.2, -0.15) is 0 Å². The molecule has 0 saturated heterocycles. The molecule has 0 atom stereocenters. The number of pyridine rings is 1. The molecule has 0 radical (unpaired) electrons. The van der Waals surface area contributed by atoms with Crippen molar-refractivity contribution >= 4 is 44.6 Å². The maximum Gasteiger partial charge on any atom is 0.137 e. The normalized spacial score (nSPS) is 13.7. The first-order valence-electron chi connectivity index (χ1n) is 24.8. The van der Waals surface area contributed by atoms with Gasteiger partial charge >= 0.3 is 0 Å². The van der Waals surface area contributed by atoms with Gasteiger partial charge in [0.2, 0.25) is 0 Å². The van der Waals surface area contributed by atoms with Crippen molar-refractivity contribution in [1.29, 1.82) is 0 Å². The highest BCUT2D eigenvalue weighted by Crippen LogP contribution is 2.48. The number of rotatable bonds is 8. The minimum atomic E-state index is -0.402. The lowest BCUT2D eigenvalue weighted by molar-refractivity contribution is 0.568. The molecule has 0 saturated carbocycles. The number of aromatic nitrogens is 2. The van der Waals surface area contributed by atoms with E-state index in [4.69, 9.17) is 4.98 Å². The summed E-state index contributed by atoms with van der Waals surface area (Å²) in [6, 6.07) is 65.7. The third-order valence-electron chi connectivity index (χ3n) is 15.2. The molecule has 0 aliphatic carbocycles. The summed E-state index contributed by atoms with van der Waals surface area (Å²) >= 11 is 0. The fourth-order valence-electron chi connectivity index (χ4n) is 10.5. The largest absolute Gasteiger partial charge is 0.321 e. The van der Waals surface area contributed by atoms with Crippen LogP contribution in [0.25, 0.3) is 27.6 Å². The monoisotopic (exact) mass is 905 g/mol. The molecule has 0 bridgehead atoms. The van der Waals surface area contributed by atoms with E-state index in [0.717, 1.165) is 23.5 Å². The van der Waals surface area contributed by atoms with Gasteiger partial charge in [-0.1, -0.05) is 191 Å². The van der Waals surface area contributed by atoms with E-state index in [-0.39, 0.29) is 21.7 Å². The Labute approximate surface area is 411 Å². The van der Waals surface area contributed by atoms with Gasteiger partial charge in [0.25, 0.3) is 0 Å². The Hall–Kier alpha value is -6.91. The van der Waals surface area contributed by atoms with Gasteiger partial charge in [0.05, 0.1) is 22.4 Å². The average molecular weight is 905 g/mol. The maximum absolute atomic E-state index is 5.16. The summed E-state index contributed by atoms with van der Waals surface area (Å²) in [4.78, 5) is 10.2. The van der Waals surface area contributed by atoms with Crippen LogP contribution in [0.1, 0.15) is 128 Å². The molecule has 69 heavy (non-hydrogen) atoms. The van der Waals surface area contributed by atoms with Gasteiger partial charge in [-0.15, -0.1) is 0 Å². The number of hydrogen-bond donors (Lipinski definition) is 0. The fourth-order valence-corrected chi connectivity index (χ4v) is 10.5. The van der Waals surface area contributed by atoms with Crippen LogP contribution in [-0.2, 0) is 27.1 Å². The van der Waals surface area contributed by atoms with Crippen LogP contribution < -0.4 is 9.80 Å². The smallest absolute Gasteiger partial charge is 0.137 e. The molecule has 0 fully saturated rings. The molecule has 4 heteroatoms. The lowest BCUT2D eigenvalue weighted by atomic mass is 9.71. The summed E-state index contributed by atoms with van der Waals surface area (Å²) in [5.41, 5.74) is 16.6. The highest BCUT2D eigenvalue weighted by Gasteiger charge is 2.35. The van der Waals surface area contributed by atoms with E-state index >= 15 is 0 Å². The summed E-state index contributed by atoms with van der Waals surface area (Å²) in [5.74, 6) is 0.906. The van der Waals surface area contributed by atoms with E-state index in [9.17, 15) is 0 Å². The summed E-state index contributed by atoms with van der Waals surface area (Å²) in [6.07, 6.45) is 1.99. The van der Waals surface area contributed by atoms with Gasteiger partial charge in [-0.05, 0) is 128 Å². The highest BCUT2D eigenvalue weighted by molar-refractivity contribution is 6.09. The Morgan fingerprint density at radius 3 is 1.36 bits per heavy atom. The van der Waals surface area contributed by atoms with Gasteiger partial charge in [0.15, 0.2) is 0 Å². The molecule has 0 spiro atoms. The topological polar surface area (TPSA) is 24.3 Å². The van der Waals surface area contributed by atoms with Crippen LogP contribution in [0, 0.1) is 0 Å². The second-order valence-electron chi connectivity index (χ2n) is 23.2. The lowest BCUT2D eigenvalue weighted by Gasteiger charge is -2.32. The van der Waals surface area contributed by atoms with Crippen LogP contribution in [0.2, 0.25) is 0 Å². The average Bonchev–Trinajstić information content (AvgIpc) is 3.89. The van der Waals surface area contributed by atoms with Crippen molar-refractivity contribution in [2.24, 2.45) is 0 Å². The van der Waals surface area contributed by atoms with Gasteiger partial charge in [-0.25, -0.2) is 4.98 Å². The Morgan fingerprint density at radius 1 is 0.362 bits per heavy atom. The van der Waals surface area contributed by atoms with Crippen LogP contribution >= 0.6 is 0 Å². The van der Waals surface area contributed by atoms with E-state index in [1.165, 1.54) is 78.0 Å². The first-order valence-corrected chi connectivity index (χ1v) is 24.8. The predicted octanol–water partition coefficient (Wildman–Crippen LogP) is 17.0. The van der Waals surface area contributed by atoms with Crippen LogP contribution in [0.15, 0.2) is 182 Å². The summed E-state index contributed by atoms with van der Waals surface area (Å²) in [7, 11) is 0. The van der Waals surface area contributed by atoms with Gasteiger partial charge in [0, 0.05) is 39.2 Å². The van der Waals surface area contributed by atoms with Crippen molar-refractivity contribution in [1.82, 2.24) is 9.55 Å². The SMILES string of the molecule is CC(C)(C)c1cc(N2CN(c3cc(C(C)(C)C)cc(C(C)(C)c4ccc5c6ccccc6n(-c6cc(C(C)(c7ccccc7)c7ccccc7)ccn6)c5c4)c3)c3ccccc32)cc(C(C)(C)C)c1. The number of benzene rings is 7. The van der Waals surface area contributed by atoms with E-state index in [1.54, 1.807) is 0 Å². The molecule has 2 aromatic heterocycles. The molecule has 10 rings (SSSR count). The summed E-state index contributed by atoms with van der Waals surface area (Å²) in [5, 5.41) is 2.43. The Balaban J connectivity index is 1.10. The minimum Gasteiger partial charge on any atom is -0.321 e. The van der Waals surface area contributed by atoms with Crippen molar-refractivity contribution in [2.75, 3.05) is 16.5 Å². The second-order valence-corrected chi connectivity index (χ2v) is 23.2. The van der Waals surface area contributed by atoms with Gasteiger partial charge < -0.3 is 9.80 Å². The zero-order chi connectivity index (χ0) is 48.7. The molecule has 1 aliphatic rings. The number of para-hydroxylation sites is 3. The first-order chi connectivity index (χ1) is 32.7. The van der Waals surface area contributed by atoms with Crippen LogP contribution in [-0.4, -0.2) is 16.2 Å². The van der Waals surface area contributed by atoms with E-state index in [2.05, 4.69) is 273 Å². The minimum absolute atomic E-state index is 0.0144. The van der Waals surface area contributed by atoms with Crippen molar-refractivity contribution < 1.29 is 0 Å². The first kappa shape index (κ1) is 45.9. The van der Waals surface area contributed by atoms with Crippen molar-refractivity contribution in [2.45, 2.75) is 110 Å². The molecule has 348 valence electrons. The zero-order valence-electron chi connectivity index (χ0n) is 42.8. The third kappa shape index (κ3) is 8.12. The maximum atomic E-state index is 5.16. The van der Waals surface area contributed by atoms with Crippen LogP contribution in [0.4, 0.5) is 22.7 Å². The standard InChI is InChI=1S/C65H68N4/c1-61(2,3)48-35-49(62(4,5)6)38-52(37-48)67-43-68(58-30-22-21-29-57(58)67)53-39-50(63(7,8)9)36-51(40-53)64(10,11)46-31-32-55-54-27-19-20-28-56(54)69(59(55)41-46)60-42-47(33-34-66-60)65(12,44-23-15-13-16-24-44)45-25-17-14-18-26-45/h13-42H,43H2,1-12H3. The van der Waals surface area contributed by atoms with Crippen LogP contribution in [0.3, 0.4) is 0 Å². The Kier molecular flexibility index (Phi) is 11.1. The third-order valence-corrected chi connectivity index (χ3v) is 15.2. The fraction of sp³-hybridized carbons (Fsp3) is 0.277. The van der Waals surface area contributed by atoms with Crippen molar-refractivity contribution in [3.05, 3.63) is 227 Å². The molecule has 0 amide bonds. The van der Waals surface area contributed by atoms with Crippen molar-refractivity contribution in [3.63, 3.8) is 0 Å². The van der Waals surface area contributed by atoms with Crippen LogP contribution in [0.5, 0.6) is 0 Å². The molecular weight excluding hydrogens is 837 g/mol. The molecule has 4 nitrogen and oxygen atoms in total. The Bertz CT molecular complexity index is 3280. The molecule has 7 aromatic carbocycles.